The molecule has 7 nitrogen and oxygen atoms in total. The minimum absolute atomic E-state index is 0.561. The van der Waals surface area contributed by atoms with Gasteiger partial charge in [0.15, 0.2) is 11.2 Å². The smallest absolute Gasteiger partial charge is 0.159 e. The number of rotatable bonds is 8. The summed E-state index contributed by atoms with van der Waals surface area (Å²) in [5.41, 5.74) is 15.1. The highest BCUT2D eigenvalue weighted by Gasteiger charge is 2.28. The van der Waals surface area contributed by atoms with E-state index in [9.17, 15) is 10.5 Å². The van der Waals surface area contributed by atoms with Gasteiger partial charge in [-0.2, -0.15) is 10.5 Å². The first-order valence-electron chi connectivity index (χ1n) is 25.5. The molecule has 0 saturated carbocycles. The van der Waals surface area contributed by atoms with Gasteiger partial charge in [0.2, 0.25) is 0 Å². The zero-order chi connectivity index (χ0) is 51.1. The maximum atomic E-state index is 10.0. The van der Waals surface area contributed by atoms with E-state index in [1.807, 2.05) is 60.7 Å². The fourth-order valence-corrected chi connectivity index (χ4v) is 11.6. The zero-order valence-corrected chi connectivity index (χ0v) is 41.1. The third-order valence-corrected chi connectivity index (χ3v) is 15.1. The van der Waals surface area contributed by atoms with Crippen LogP contribution in [0.1, 0.15) is 11.1 Å². The van der Waals surface area contributed by atoms with E-state index in [1.54, 1.807) is 0 Å². The number of nitrogens with zero attached hydrogens (tertiary/aromatic N) is 4. The first-order chi connectivity index (χ1) is 38.1. The normalized spacial score (nSPS) is 11.6. The fraction of sp³-hybridized carbons (Fsp3) is 0. The Morgan fingerprint density at radius 1 is 0.260 bits per heavy atom. The Morgan fingerprint density at radius 2 is 0.584 bits per heavy atom. The van der Waals surface area contributed by atoms with Crippen LogP contribution in [0.4, 0.5) is 34.1 Å². The van der Waals surface area contributed by atoms with Crippen molar-refractivity contribution in [2.45, 2.75) is 0 Å². The lowest BCUT2D eigenvalue weighted by atomic mass is 9.98. The van der Waals surface area contributed by atoms with Crippen LogP contribution >= 0.6 is 0 Å². The highest BCUT2D eigenvalue weighted by molar-refractivity contribution is 6.26. The van der Waals surface area contributed by atoms with Crippen LogP contribution in [0.3, 0.4) is 0 Å². The van der Waals surface area contributed by atoms with Crippen LogP contribution in [0.2, 0.25) is 0 Å². The lowest BCUT2D eigenvalue weighted by molar-refractivity contribution is 0.670. The monoisotopic (exact) mass is 984 g/mol. The summed E-state index contributed by atoms with van der Waals surface area (Å²) in [6.07, 6.45) is 0. The van der Waals surface area contributed by atoms with Gasteiger partial charge in [-0.1, -0.05) is 170 Å². The predicted molar refractivity (Wildman–Crippen MR) is 313 cm³/mol. The second-order valence-corrected chi connectivity index (χ2v) is 19.3. The van der Waals surface area contributed by atoms with Crippen LogP contribution in [0.5, 0.6) is 0 Å². The summed E-state index contributed by atoms with van der Waals surface area (Å²) in [7, 11) is 0. The molecule has 77 heavy (non-hydrogen) atoms. The van der Waals surface area contributed by atoms with Crippen molar-refractivity contribution in [2.24, 2.45) is 0 Å². The Morgan fingerprint density at radius 3 is 0.987 bits per heavy atom. The summed E-state index contributed by atoms with van der Waals surface area (Å²) < 4.78 is 21.5. The van der Waals surface area contributed by atoms with E-state index in [0.29, 0.717) is 11.1 Å². The van der Waals surface area contributed by atoms with Crippen molar-refractivity contribution in [3.63, 3.8) is 0 Å². The van der Waals surface area contributed by atoms with Gasteiger partial charge in [-0.15, -0.1) is 0 Å². The van der Waals surface area contributed by atoms with Crippen molar-refractivity contribution in [2.75, 3.05) is 9.80 Å². The maximum absolute atomic E-state index is 10.0. The number of fused-ring (bicyclic) bond motifs is 13. The summed E-state index contributed by atoms with van der Waals surface area (Å²) in [5.74, 6) is 0. The predicted octanol–water partition coefficient (Wildman–Crippen LogP) is 19.7. The minimum atomic E-state index is 0.561. The number of furan rings is 3. The molecule has 0 spiro atoms. The van der Waals surface area contributed by atoms with Crippen molar-refractivity contribution in [1.29, 1.82) is 10.5 Å². The van der Waals surface area contributed by atoms with Crippen molar-refractivity contribution >= 4 is 121 Å². The summed E-state index contributed by atoms with van der Waals surface area (Å²) in [6.45, 7) is 0. The second-order valence-electron chi connectivity index (χ2n) is 19.3. The lowest BCUT2D eigenvalue weighted by Crippen LogP contribution is -2.11. The standard InChI is InChI=1S/C70H40N4O3/c71-41-43-31-35-47(36-32-43)73(61-29-13-27-57-55-25-11-23-49(65(55)76-69(57)61)45-15-3-1-4-16-45)63-39-59-60-40-64(52-20-8-10-22-54(52)68(60)75-67(59)53-21-9-7-19-51(53)63)74(48-37-33-44(42-72)34-38-48)62-30-14-28-58-56-26-12-24-50(66(56)77-70(58)62)46-17-5-2-6-18-46/h1-40H. The SMILES string of the molecule is N#Cc1ccc(N(c2cc3c4cc(N(c5ccc(C#N)cc5)c5cccc6c5oc5c(-c7ccccc7)cccc56)c5ccccc5c4oc3c3ccccc23)c2cccc3c2oc2c(-c4ccccc4)cccc23)cc1. The fourth-order valence-electron chi connectivity index (χ4n) is 11.6. The molecule has 0 aliphatic rings. The third kappa shape index (κ3) is 6.82. The number of nitriles is 2. The van der Waals surface area contributed by atoms with E-state index < -0.39 is 0 Å². The Labute approximate surface area is 441 Å². The summed E-state index contributed by atoms with van der Waals surface area (Å²) >= 11 is 0. The molecule has 0 aliphatic carbocycles. The number of benzene rings is 12. The molecule has 358 valence electrons. The van der Waals surface area contributed by atoms with Gasteiger partial charge in [0.05, 0.1) is 46.0 Å². The van der Waals surface area contributed by atoms with Crippen LogP contribution in [0.25, 0.3) is 110 Å². The molecule has 0 N–H and O–H groups in total. The van der Waals surface area contributed by atoms with E-state index in [-0.39, 0.29) is 0 Å². The molecule has 0 aliphatic heterocycles. The molecule has 15 aromatic rings. The zero-order valence-electron chi connectivity index (χ0n) is 41.1. The van der Waals surface area contributed by atoms with Gasteiger partial charge in [-0.05, 0) is 83.9 Å². The van der Waals surface area contributed by atoms with Crippen LogP contribution in [-0.2, 0) is 0 Å². The Bertz CT molecular complexity index is 4630. The molecule has 0 atom stereocenters. The average Bonchev–Trinajstić information content (AvgIpc) is 4.22. The maximum Gasteiger partial charge on any atom is 0.159 e. The molecule has 0 unspecified atom stereocenters. The Hall–Kier alpha value is -10.9. The number of para-hydroxylation sites is 4. The molecule has 0 saturated heterocycles. The van der Waals surface area contributed by atoms with Gasteiger partial charge in [-0.25, -0.2) is 0 Å². The topological polar surface area (TPSA) is 93.5 Å². The van der Waals surface area contributed by atoms with Gasteiger partial charge < -0.3 is 23.1 Å². The van der Waals surface area contributed by atoms with Crippen LogP contribution in [-0.4, -0.2) is 0 Å². The molecule has 3 heterocycles. The quantitative estimate of drug-likeness (QED) is 0.150. The minimum Gasteiger partial charge on any atom is -0.455 e. The molecule has 12 aromatic carbocycles. The Kier molecular flexibility index (Phi) is 9.87. The van der Waals surface area contributed by atoms with E-state index in [4.69, 9.17) is 13.3 Å². The molecule has 3 aromatic heterocycles. The van der Waals surface area contributed by atoms with Gasteiger partial charge >= 0.3 is 0 Å². The highest BCUT2D eigenvalue weighted by Crippen LogP contribution is 2.52. The van der Waals surface area contributed by atoms with Crippen molar-refractivity contribution < 1.29 is 13.3 Å². The van der Waals surface area contributed by atoms with E-state index in [0.717, 1.165) is 144 Å². The van der Waals surface area contributed by atoms with Crippen molar-refractivity contribution in [3.05, 3.63) is 254 Å². The second kappa shape index (κ2) is 17.4. The summed E-state index contributed by atoms with van der Waals surface area (Å²) in [6, 6.07) is 87.4. The van der Waals surface area contributed by atoms with Crippen molar-refractivity contribution in [3.8, 4) is 34.4 Å². The molecule has 0 bridgehead atoms. The lowest BCUT2D eigenvalue weighted by Gasteiger charge is -2.27. The Balaban J connectivity index is 1.01. The number of anilines is 6. The van der Waals surface area contributed by atoms with Gasteiger partial charge in [-0.3, -0.25) is 0 Å². The summed E-state index contributed by atoms with van der Waals surface area (Å²) in [4.78, 5) is 4.51. The van der Waals surface area contributed by atoms with Gasteiger partial charge in [0.1, 0.15) is 22.3 Å². The molecular formula is C70H40N4O3. The molecular weight excluding hydrogens is 945 g/mol. The number of hydrogen-bond acceptors (Lipinski definition) is 7. The first-order valence-corrected chi connectivity index (χ1v) is 25.5. The van der Waals surface area contributed by atoms with Crippen LogP contribution < -0.4 is 9.80 Å². The van der Waals surface area contributed by atoms with E-state index in [2.05, 4.69) is 204 Å². The van der Waals surface area contributed by atoms with Crippen LogP contribution in [0, 0.1) is 22.7 Å². The molecule has 0 fully saturated rings. The third-order valence-electron chi connectivity index (χ3n) is 15.1. The first kappa shape index (κ1) is 43.7. The molecule has 7 heteroatoms. The molecule has 15 rings (SSSR count). The number of hydrogen-bond donors (Lipinski definition) is 0. The van der Waals surface area contributed by atoms with Gasteiger partial charge in [0, 0.05) is 76.4 Å². The van der Waals surface area contributed by atoms with Gasteiger partial charge in [0.25, 0.3) is 0 Å². The van der Waals surface area contributed by atoms with Crippen molar-refractivity contribution in [1.82, 2.24) is 0 Å². The van der Waals surface area contributed by atoms with E-state index in [1.165, 1.54) is 0 Å². The molecule has 0 radical (unpaired) electrons. The largest absolute Gasteiger partial charge is 0.455 e. The average molecular weight is 985 g/mol. The van der Waals surface area contributed by atoms with E-state index >= 15 is 0 Å². The van der Waals surface area contributed by atoms with Crippen LogP contribution in [0.15, 0.2) is 256 Å². The highest BCUT2D eigenvalue weighted by atomic mass is 16.3. The summed E-state index contributed by atoms with van der Waals surface area (Å²) in [5, 5.41) is 29.7. The molecule has 0 amide bonds.